The van der Waals surface area contributed by atoms with Crippen molar-refractivity contribution in [1.29, 1.82) is 0 Å². The van der Waals surface area contributed by atoms with Crippen LogP contribution in [0.25, 0.3) is 0 Å². The molecule has 2 aromatic heterocycles. The van der Waals surface area contributed by atoms with E-state index in [9.17, 15) is 4.79 Å². The number of thiophene rings is 1. The zero-order valence-corrected chi connectivity index (χ0v) is 13.2. The average molecular weight is 318 g/mol. The predicted molar refractivity (Wildman–Crippen MR) is 84.9 cm³/mol. The lowest BCUT2D eigenvalue weighted by Crippen LogP contribution is -2.43. The van der Waals surface area contributed by atoms with E-state index in [0.29, 0.717) is 31.9 Å². The van der Waals surface area contributed by atoms with Crippen molar-refractivity contribution in [3.05, 3.63) is 40.5 Å². The minimum absolute atomic E-state index is 0.126. The Morgan fingerprint density at radius 1 is 1.50 bits per heavy atom. The maximum absolute atomic E-state index is 12.4. The van der Waals surface area contributed by atoms with Gasteiger partial charge in [-0.1, -0.05) is 0 Å². The van der Waals surface area contributed by atoms with Crippen molar-refractivity contribution < 1.29 is 9.53 Å². The first-order valence-corrected chi connectivity index (χ1v) is 8.11. The molecule has 3 heterocycles. The molecule has 0 saturated carbocycles. The van der Waals surface area contributed by atoms with E-state index in [4.69, 9.17) is 4.74 Å². The summed E-state index contributed by atoms with van der Waals surface area (Å²) in [4.78, 5) is 22.9. The summed E-state index contributed by atoms with van der Waals surface area (Å²) < 4.78 is 5.79. The van der Waals surface area contributed by atoms with Gasteiger partial charge in [0.1, 0.15) is 17.6 Å². The fraction of sp³-hybridized carbons (Fsp3) is 0.400. The highest BCUT2D eigenvalue weighted by molar-refractivity contribution is 7.07. The molecule has 116 valence electrons. The minimum Gasteiger partial charge on any atom is -0.372 e. The van der Waals surface area contributed by atoms with Gasteiger partial charge in [0.15, 0.2) is 0 Å². The maximum Gasteiger partial charge on any atom is 0.227 e. The molecular weight excluding hydrogens is 300 g/mol. The van der Waals surface area contributed by atoms with Crippen LogP contribution in [0.4, 0.5) is 5.82 Å². The molecule has 0 spiro atoms. The molecule has 1 aliphatic heterocycles. The zero-order valence-electron chi connectivity index (χ0n) is 12.4. The summed E-state index contributed by atoms with van der Waals surface area (Å²) >= 11 is 1.61. The first kappa shape index (κ1) is 14.9. The first-order valence-electron chi connectivity index (χ1n) is 7.17. The van der Waals surface area contributed by atoms with Crippen LogP contribution in [-0.2, 0) is 16.0 Å². The van der Waals surface area contributed by atoms with Crippen molar-refractivity contribution in [3.8, 4) is 0 Å². The van der Waals surface area contributed by atoms with Crippen LogP contribution < -0.4 is 5.32 Å². The van der Waals surface area contributed by atoms with Crippen molar-refractivity contribution in [2.24, 2.45) is 0 Å². The van der Waals surface area contributed by atoms with Crippen LogP contribution in [0.5, 0.6) is 0 Å². The third kappa shape index (κ3) is 3.26. The second-order valence-electron chi connectivity index (χ2n) is 5.05. The second kappa shape index (κ2) is 6.85. The SMILES string of the molecule is CNc1nccnc1[C@H]1CN(C(=O)Cc2ccsc2)CCO1. The Morgan fingerprint density at radius 2 is 2.36 bits per heavy atom. The number of nitrogens with zero attached hydrogens (tertiary/aromatic N) is 3. The second-order valence-corrected chi connectivity index (χ2v) is 5.83. The van der Waals surface area contributed by atoms with E-state index in [0.717, 1.165) is 11.3 Å². The Labute approximate surface area is 133 Å². The number of amides is 1. The highest BCUT2D eigenvalue weighted by atomic mass is 32.1. The third-order valence-electron chi connectivity index (χ3n) is 3.62. The summed E-state index contributed by atoms with van der Waals surface area (Å²) in [6.07, 6.45) is 3.48. The van der Waals surface area contributed by atoms with E-state index in [2.05, 4.69) is 15.3 Å². The molecule has 2 aromatic rings. The molecule has 1 aliphatic rings. The molecule has 1 saturated heterocycles. The highest BCUT2D eigenvalue weighted by Gasteiger charge is 2.28. The molecule has 1 amide bonds. The molecule has 1 fully saturated rings. The highest BCUT2D eigenvalue weighted by Crippen LogP contribution is 2.25. The van der Waals surface area contributed by atoms with Crippen molar-refractivity contribution in [2.45, 2.75) is 12.5 Å². The first-order chi connectivity index (χ1) is 10.8. The predicted octanol–water partition coefficient (Wildman–Crippen LogP) is 1.72. The maximum atomic E-state index is 12.4. The minimum atomic E-state index is -0.240. The van der Waals surface area contributed by atoms with E-state index in [1.807, 2.05) is 21.7 Å². The van der Waals surface area contributed by atoms with Crippen molar-refractivity contribution >= 4 is 23.1 Å². The van der Waals surface area contributed by atoms with Gasteiger partial charge in [0.2, 0.25) is 5.91 Å². The Balaban J connectivity index is 1.70. The van der Waals surface area contributed by atoms with Gasteiger partial charge in [-0.05, 0) is 22.4 Å². The standard InChI is InChI=1S/C15H18N4O2S/c1-16-15-14(17-3-4-18-15)12-9-19(5-6-21-12)13(20)8-11-2-7-22-10-11/h2-4,7,10,12H,5-6,8-9H2,1H3,(H,16,18)/t12-/m1/s1. The number of hydrogen-bond donors (Lipinski definition) is 1. The molecule has 0 bridgehead atoms. The van der Waals surface area contributed by atoms with Crippen LogP contribution in [-0.4, -0.2) is 47.5 Å². The van der Waals surface area contributed by atoms with E-state index in [1.54, 1.807) is 30.8 Å². The summed E-state index contributed by atoms with van der Waals surface area (Å²) in [7, 11) is 1.80. The number of rotatable bonds is 4. The van der Waals surface area contributed by atoms with Gasteiger partial charge in [0.05, 0.1) is 19.6 Å². The zero-order chi connectivity index (χ0) is 15.4. The Morgan fingerprint density at radius 3 is 3.14 bits per heavy atom. The van der Waals surface area contributed by atoms with Crippen LogP contribution in [0.2, 0.25) is 0 Å². The van der Waals surface area contributed by atoms with Crippen LogP contribution in [0.3, 0.4) is 0 Å². The summed E-state index contributed by atoms with van der Waals surface area (Å²) in [5.41, 5.74) is 1.81. The molecule has 3 rings (SSSR count). The lowest BCUT2D eigenvalue weighted by Gasteiger charge is -2.33. The smallest absolute Gasteiger partial charge is 0.227 e. The molecule has 0 aliphatic carbocycles. The fourth-order valence-electron chi connectivity index (χ4n) is 2.50. The van der Waals surface area contributed by atoms with Gasteiger partial charge in [0.25, 0.3) is 0 Å². The van der Waals surface area contributed by atoms with Gasteiger partial charge in [-0.25, -0.2) is 4.98 Å². The fourth-order valence-corrected chi connectivity index (χ4v) is 3.17. The Bertz CT molecular complexity index is 632. The van der Waals surface area contributed by atoms with Gasteiger partial charge in [0, 0.05) is 26.0 Å². The summed E-state index contributed by atoms with van der Waals surface area (Å²) in [6.45, 7) is 1.64. The van der Waals surface area contributed by atoms with Gasteiger partial charge in [-0.3, -0.25) is 9.78 Å². The Kier molecular flexibility index (Phi) is 4.65. The molecule has 0 unspecified atom stereocenters. The molecule has 22 heavy (non-hydrogen) atoms. The molecular formula is C15H18N4O2S. The van der Waals surface area contributed by atoms with Gasteiger partial charge in [-0.15, -0.1) is 0 Å². The quantitative estimate of drug-likeness (QED) is 0.930. The Hall–Kier alpha value is -1.99. The van der Waals surface area contributed by atoms with Gasteiger partial charge < -0.3 is 15.0 Å². The van der Waals surface area contributed by atoms with Crippen LogP contribution in [0.1, 0.15) is 17.4 Å². The summed E-state index contributed by atoms with van der Waals surface area (Å²) in [6, 6.07) is 1.99. The van der Waals surface area contributed by atoms with Crippen molar-refractivity contribution in [2.75, 3.05) is 32.1 Å². The van der Waals surface area contributed by atoms with Crippen LogP contribution in [0, 0.1) is 0 Å². The third-order valence-corrected chi connectivity index (χ3v) is 4.35. The number of nitrogens with one attached hydrogen (secondary N) is 1. The molecule has 0 aromatic carbocycles. The van der Waals surface area contributed by atoms with E-state index < -0.39 is 0 Å². The largest absolute Gasteiger partial charge is 0.372 e. The van der Waals surface area contributed by atoms with E-state index in [1.165, 1.54) is 0 Å². The lowest BCUT2D eigenvalue weighted by atomic mass is 10.1. The number of carbonyl (C=O) groups excluding carboxylic acids is 1. The monoisotopic (exact) mass is 318 g/mol. The topological polar surface area (TPSA) is 67.4 Å². The number of carbonyl (C=O) groups is 1. The van der Waals surface area contributed by atoms with E-state index >= 15 is 0 Å². The molecule has 1 N–H and O–H groups in total. The number of anilines is 1. The number of hydrogen-bond acceptors (Lipinski definition) is 6. The van der Waals surface area contributed by atoms with Crippen molar-refractivity contribution in [1.82, 2.24) is 14.9 Å². The van der Waals surface area contributed by atoms with Crippen molar-refractivity contribution in [3.63, 3.8) is 0 Å². The average Bonchev–Trinajstić information content (AvgIpc) is 3.08. The molecule has 6 nitrogen and oxygen atoms in total. The molecule has 7 heteroatoms. The number of aromatic nitrogens is 2. The summed E-state index contributed by atoms with van der Waals surface area (Å²) in [5, 5.41) is 7.02. The number of ether oxygens (including phenoxy) is 1. The molecule has 0 radical (unpaired) electrons. The van der Waals surface area contributed by atoms with Gasteiger partial charge in [-0.2, -0.15) is 11.3 Å². The summed E-state index contributed by atoms with van der Waals surface area (Å²) in [5.74, 6) is 0.821. The van der Waals surface area contributed by atoms with Crippen LogP contribution in [0.15, 0.2) is 29.2 Å². The van der Waals surface area contributed by atoms with Gasteiger partial charge >= 0.3 is 0 Å². The lowest BCUT2D eigenvalue weighted by molar-refractivity contribution is -0.138. The normalized spacial score (nSPS) is 18.2. The molecule has 1 atom stereocenters. The van der Waals surface area contributed by atoms with E-state index in [-0.39, 0.29) is 12.0 Å². The number of morpholine rings is 1. The van der Waals surface area contributed by atoms with Crippen LogP contribution >= 0.6 is 11.3 Å².